The normalized spacial score (nSPS) is 28.1. The molecule has 1 saturated heterocycles. The molecule has 4 aromatic heterocycles. The summed E-state index contributed by atoms with van der Waals surface area (Å²) in [5.74, 6) is 0.911. The molecule has 6 aliphatic rings. The largest absolute Gasteiger partial charge is 0.476 e. The van der Waals surface area contributed by atoms with Crippen LogP contribution in [-0.4, -0.2) is 97.1 Å². The van der Waals surface area contributed by atoms with Gasteiger partial charge in [0.2, 0.25) is 0 Å². The van der Waals surface area contributed by atoms with Crippen LogP contribution in [0.5, 0.6) is 0 Å². The Balaban J connectivity index is 0.890. The first-order valence-corrected chi connectivity index (χ1v) is 22.6. The van der Waals surface area contributed by atoms with Crippen molar-refractivity contribution >= 4 is 50.1 Å². The van der Waals surface area contributed by atoms with E-state index < -0.39 is 5.97 Å². The third kappa shape index (κ3) is 7.10. The van der Waals surface area contributed by atoms with Gasteiger partial charge in [0.05, 0.1) is 16.4 Å². The lowest BCUT2D eigenvalue weighted by Gasteiger charge is -2.70. The van der Waals surface area contributed by atoms with Crippen LogP contribution < -0.4 is 10.2 Å². The zero-order valence-corrected chi connectivity index (χ0v) is 36.2. The van der Waals surface area contributed by atoms with Crippen LogP contribution in [0.4, 0.5) is 22.6 Å². The molecule has 13 heteroatoms. The average Bonchev–Trinajstić information content (AvgIpc) is 3.76. The van der Waals surface area contributed by atoms with Crippen LogP contribution in [0.1, 0.15) is 98.9 Å². The number of aromatic carboxylic acids is 1. The molecule has 4 saturated carbocycles. The second-order valence-corrected chi connectivity index (χ2v) is 21.0. The molecule has 1 aromatic carbocycles. The summed E-state index contributed by atoms with van der Waals surface area (Å²) in [5, 5.41) is 29.1. The van der Waals surface area contributed by atoms with Crippen molar-refractivity contribution < 1.29 is 9.90 Å². The Morgan fingerprint density at radius 2 is 1.64 bits per heavy atom. The average molecular weight is 815 g/mol. The van der Waals surface area contributed by atoms with E-state index in [1.54, 1.807) is 11.3 Å². The quantitative estimate of drug-likeness (QED) is 0.133. The summed E-state index contributed by atoms with van der Waals surface area (Å²) in [7, 11) is 2.24. The first kappa shape index (κ1) is 38.7. The zero-order chi connectivity index (χ0) is 40.7. The molecule has 2 atom stereocenters. The predicted octanol–water partition coefficient (Wildman–Crippen LogP) is 8.88. The van der Waals surface area contributed by atoms with Crippen molar-refractivity contribution in [3.05, 3.63) is 65.1 Å². The first-order chi connectivity index (χ1) is 28.3. The number of anilines is 4. The highest BCUT2D eigenvalue weighted by Gasteiger charge is 2.65. The van der Waals surface area contributed by atoms with Crippen molar-refractivity contribution in [2.75, 3.05) is 56.5 Å². The number of carboxylic acid groups (broad SMARTS) is 1. The molecular weight excluding hydrogens is 757 g/mol. The summed E-state index contributed by atoms with van der Waals surface area (Å²) in [6.45, 7) is 16.8. The fraction of sp³-hybridized carbons (Fsp3) is 0.565. The van der Waals surface area contributed by atoms with Crippen LogP contribution in [0.3, 0.4) is 0 Å². The van der Waals surface area contributed by atoms with E-state index >= 15 is 0 Å². The third-order valence-electron chi connectivity index (χ3n) is 14.7. The Hall–Kier alpha value is -4.46. The molecule has 5 fully saturated rings. The number of likely N-dealkylation sites (N-methyl/N-ethyl adjacent to an activating group) is 1. The number of rotatable bonds is 11. The summed E-state index contributed by atoms with van der Waals surface area (Å²) >= 11 is 1.59. The van der Waals surface area contributed by atoms with E-state index in [0.717, 1.165) is 62.9 Å². The maximum absolute atomic E-state index is 13.0. The van der Waals surface area contributed by atoms with Crippen molar-refractivity contribution in [2.45, 2.75) is 98.4 Å². The Morgan fingerprint density at radius 3 is 2.41 bits per heavy atom. The fourth-order valence-corrected chi connectivity index (χ4v) is 14.4. The lowest BCUT2D eigenvalue weighted by Crippen LogP contribution is -2.60. The minimum Gasteiger partial charge on any atom is -0.476 e. The third-order valence-corrected chi connectivity index (χ3v) is 15.7. The van der Waals surface area contributed by atoms with Gasteiger partial charge in [0.25, 0.3) is 0 Å². The van der Waals surface area contributed by atoms with Crippen molar-refractivity contribution in [3.8, 4) is 11.1 Å². The standard InChI is InChI=1S/C46H58N10O2S/c1-30-32-10-8-17-55(40(32)52-51-39(30)50-42-48-35-11-6-7-12-36(35)59-42)37-14-13-33(38(49-37)41(57)58)34-22-47-56(31(34)2)29-46-26-43(3)23-44(4,27-46)25-45(24-43,28-46)15-9-16-54-20-18-53(5)19-21-54/h6-7,11-14,22H,8-10,15-21,23-29H2,1-5H3,(H,57,58)(H,48,50,51). The molecule has 0 amide bonds. The van der Waals surface area contributed by atoms with Crippen LogP contribution in [0, 0.1) is 35.5 Å². The molecule has 59 heavy (non-hydrogen) atoms. The Labute approximate surface area is 351 Å². The van der Waals surface area contributed by atoms with Gasteiger partial charge in [-0.2, -0.15) is 5.10 Å². The van der Waals surface area contributed by atoms with Crippen molar-refractivity contribution in [1.29, 1.82) is 0 Å². The molecule has 0 spiro atoms. The molecule has 12 nitrogen and oxygen atoms in total. The zero-order valence-electron chi connectivity index (χ0n) is 35.4. The fourth-order valence-electron chi connectivity index (χ4n) is 13.5. The molecule has 2 unspecified atom stereocenters. The van der Waals surface area contributed by atoms with Gasteiger partial charge in [-0.1, -0.05) is 37.3 Å². The van der Waals surface area contributed by atoms with E-state index in [-0.39, 0.29) is 11.1 Å². The van der Waals surface area contributed by atoms with E-state index in [1.165, 1.54) is 84.1 Å². The Kier molecular flexibility index (Phi) is 9.41. The highest BCUT2D eigenvalue weighted by molar-refractivity contribution is 7.22. The van der Waals surface area contributed by atoms with Crippen molar-refractivity contribution in [3.63, 3.8) is 0 Å². The van der Waals surface area contributed by atoms with Gasteiger partial charge in [-0.3, -0.25) is 4.68 Å². The summed E-state index contributed by atoms with van der Waals surface area (Å²) in [4.78, 5) is 29.7. The highest BCUT2D eigenvalue weighted by atomic mass is 32.1. The molecule has 0 radical (unpaired) electrons. The van der Waals surface area contributed by atoms with Gasteiger partial charge in [-0.05, 0) is 138 Å². The number of carbonyl (C=O) groups is 1. The van der Waals surface area contributed by atoms with E-state index in [9.17, 15) is 9.90 Å². The minimum atomic E-state index is -1.05. The van der Waals surface area contributed by atoms with Crippen LogP contribution >= 0.6 is 11.3 Å². The second-order valence-electron chi connectivity index (χ2n) is 19.9. The van der Waals surface area contributed by atoms with Gasteiger partial charge in [0, 0.05) is 67.2 Å². The Morgan fingerprint density at radius 1 is 0.881 bits per heavy atom. The van der Waals surface area contributed by atoms with Gasteiger partial charge in [-0.15, -0.1) is 10.2 Å². The maximum Gasteiger partial charge on any atom is 0.355 e. The molecular formula is C46H58N10O2S. The number of para-hydroxylation sites is 1. The van der Waals surface area contributed by atoms with Gasteiger partial charge < -0.3 is 25.1 Å². The molecule has 5 aromatic rings. The molecule has 11 rings (SSSR count). The monoisotopic (exact) mass is 814 g/mol. The smallest absolute Gasteiger partial charge is 0.355 e. The van der Waals surface area contributed by atoms with E-state index in [1.807, 2.05) is 41.4 Å². The second kappa shape index (κ2) is 14.3. The first-order valence-electron chi connectivity index (χ1n) is 21.7. The number of piperazine rings is 1. The van der Waals surface area contributed by atoms with Crippen LogP contribution in [0.25, 0.3) is 21.3 Å². The number of nitrogens with zero attached hydrogens (tertiary/aromatic N) is 9. The number of nitrogens with one attached hydrogen (secondary N) is 1. The number of aromatic nitrogens is 6. The van der Waals surface area contributed by atoms with Gasteiger partial charge in [-0.25, -0.2) is 14.8 Å². The number of fused-ring (bicyclic) bond motifs is 2. The number of carboxylic acids is 1. The van der Waals surface area contributed by atoms with Gasteiger partial charge in [0.15, 0.2) is 22.5 Å². The summed E-state index contributed by atoms with van der Waals surface area (Å²) < 4.78 is 3.31. The molecule has 2 N–H and O–H groups in total. The molecule has 2 aliphatic heterocycles. The number of benzene rings is 1. The molecule has 4 aliphatic carbocycles. The van der Waals surface area contributed by atoms with Gasteiger partial charge in [0.1, 0.15) is 5.82 Å². The summed E-state index contributed by atoms with van der Waals surface area (Å²) in [6.07, 6.45) is 14.0. The minimum absolute atomic E-state index is 0.0326. The van der Waals surface area contributed by atoms with Crippen LogP contribution in [0.15, 0.2) is 42.6 Å². The van der Waals surface area contributed by atoms with Gasteiger partial charge >= 0.3 is 5.97 Å². The maximum atomic E-state index is 13.0. The lowest BCUT2D eigenvalue weighted by atomic mass is 9.35. The number of hydrogen-bond acceptors (Lipinski definition) is 11. The number of thiazole rings is 1. The topological polar surface area (TPSA) is 128 Å². The van der Waals surface area contributed by atoms with Crippen LogP contribution in [0.2, 0.25) is 0 Å². The number of hydrogen-bond donors (Lipinski definition) is 2. The van der Waals surface area contributed by atoms with Crippen molar-refractivity contribution in [2.24, 2.45) is 21.7 Å². The molecule has 310 valence electrons. The van der Waals surface area contributed by atoms with Crippen molar-refractivity contribution in [1.82, 2.24) is 39.7 Å². The SMILES string of the molecule is Cc1c(Nc2nc3ccccc3s2)nnc2c1CCCN2c1ccc(-c2cnn(CC34CC5(C)CC(C)(CC(CCCN6CCN(C)CC6)(C5)C3)C4)c2C)c(C(=O)O)n1. The predicted molar refractivity (Wildman–Crippen MR) is 234 cm³/mol. The summed E-state index contributed by atoms with van der Waals surface area (Å²) in [5.41, 5.74) is 6.84. The molecule has 4 bridgehead atoms. The summed E-state index contributed by atoms with van der Waals surface area (Å²) in [6, 6.07) is 11.9. The van der Waals surface area contributed by atoms with E-state index in [4.69, 9.17) is 15.1 Å². The van der Waals surface area contributed by atoms with E-state index in [0.29, 0.717) is 40.0 Å². The highest BCUT2D eigenvalue weighted by Crippen LogP contribution is 2.75. The lowest BCUT2D eigenvalue weighted by molar-refractivity contribution is -0.198. The Bertz CT molecular complexity index is 2380. The van der Waals surface area contributed by atoms with Crippen LogP contribution in [-0.2, 0) is 13.0 Å². The van der Waals surface area contributed by atoms with E-state index in [2.05, 4.69) is 70.8 Å². The number of pyridine rings is 1. The molecule has 6 heterocycles.